The maximum absolute atomic E-state index is 6.41. The van der Waals surface area contributed by atoms with Gasteiger partial charge in [0.2, 0.25) is 0 Å². The van der Waals surface area contributed by atoms with Gasteiger partial charge >= 0.3 is 0 Å². The van der Waals surface area contributed by atoms with Crippen LogP contribution in [-0.4, -0.2) is 4.98 Å². The first kappa shape index (κ1) is 15.2. The summed E-state index contributed by atoms with van der Waals surface area (Å²) in [6.07, 6.45) is 0. The Balaban J connectivity index is 1.59. The Morgan fingerprint density at radius 1 is 0.815 bits per heavy atom. The zero-order valence-corrected chi connectivity index (χ0v) is 15.6. The smallest absolute Gasteiger partial charge is 0.137 e. The third-order valence-corrected chi connectivity index (χ3v) is 6.33. The fourth-order valence-electron chi connectivity index (χ4n) is 3.65. The summed E-state index contributed by atoms with van der Waals surface area (Å²) in [4.78, 5) is 4.89. The molecule has 0 radical (unpaired) electrons. The van der Waals surface area contributed by atoms with Gasteiger partial charge in [-0.25, -0.2) is 4.98 Å². The molecular formula is C23H12ClNOS. The molecule has 2 aromatic heterocycles. The quantitative estimate of drug-likeness (QED) is 0.290. The van der Waals surface area contributed by atoms with Crippen LogP contribution in [0, 0.1) is 0 Å². The van der Waals surface area contributed by atoms with E-state index in [4.69, 9.17) is 21.0 Å². The van der Waals surface area contributed by atoms with Gasteiger partial charge in [-0.15, -0.1) is 11.3 Å². The Hall–Kier alpha value is -2.88. The topological polar surface area (TPSA) is 26.0 Å². The van der Waals surface area contributed by atoms with Crippen molar-refractivity contribution in [3.63, 3.8) is 0 Å². The number of halogens is 1. The number of fused-ring (bicyclic) bond motifs is 5. The second kappa shape index (κ2) is 5.56. The van der Waals surface area contributed by atoms with Gasteiger partial charge in [-0.3, -0.25) is 0 Å². The summed E-state index contributed by atoms with van der Waals surface area (Å²) in [6.45, 7) is 0. The standard InChI is InChI=1S/C23H12ClNOS/c24-17-6-3-7-19-22(17)16-11-18-21(12-20(16)26-19)27-23(25-18)15-9-8-13-4-1-2-5-14(13)10-15/h1-12H. The van der Waals surface area contributed by atoms with Gasteiger partial charge < -0.3 is 4.42 Å². The molecule has 6 aromatic rings. The van der Waals surface area contributed by atoms with Crippen LogP contribution in [-0.2, 0) is 0 Å². The normalized spacial score (nSPS) is 11.9. The monoisotopic (exact) mass is 385 g/mol. The van der Waals surface area contributed by atoms with Crippen LogP contribution in [0.15, 0.2) is 77.2 Å². The van der Waals surface area contributed by atoms with Crippen molar-refractivity contribution in [3.8, 4) is 10.6 Å². The van der Waals surface area contributed by atoms with Crippen molar-refractivity contribution < 1.29 is 4.42 Å². The van der Waals surface area contributed by atoms with E-state index < -0.39 is 0 Å². The zero-order valence-electron chi connectivity index (χ0n) is 14.1. The van der Waals surface area contributed by atoms with Gasteiger partial charge in [0.05, 0.1) is 15.2 Å². The van der Waals surface area contributed by atoms with Crippen molar-refractivity contribution in [1.82, 2.24) is 4.98 Å². The lowest BCUT2D eigenvalue weighted by atomic mass is 10.1. The van der Waals surface area contributed by atoms with E-state index in [0.29, 0.717) is 5.02 Å². The highest BCUT2D eigenvalue weighted by Gasteiger charge is 2.14. The molecule has 0 atom stereocenters. The van der Waals surface area contributed by atoms with Crippen LogP contribution in [0.25, 0.3) is 53.5 Å². The van der Waals surface area contributed by atoms with Gasteiger partial charge in [-0.05, 0) is 35.0 Å². The average molecular weight is 386 g/mol. The van der Waals surface area contributed by atoms with Crippen LogP contribution in [0.3, 0.4) is 0 Å². The van der Waals surface area contributed by atoms with Crippen LogP contribution in [0.4, 0.5) is 0 Å². The minimum Gasteiger partial charge on any atom is -0.456 e. The number of hydrogen-bond acceptors (Lipinski definition) is 3. The van der Waals surface area contributed by atoms with Crippen LogP contribution in [0.5, 0.6) is 0 Å². The summed E-state index contributed by atoms with van der Waals surface area (Å²) in [5, 5.41) is 6.14. The summed E-state index contributed by atoms with van der Waals surface area (Å²) in [7, 11) is 0. The highest BCUT2D eigenvalue weighted by Crippen LogP contribution is 2.39. The van der Waals surface area contributed by atoms with Gasteiger partial charge in [-0.2, -0.15) is 0 Å². The lowest BCUT2D eigenvalue weighted by Crippen LogP contribution is -1.77. The molecule has 0 saturated heterocycles. The van der Waals surface area contributed by atoms with Crippen molar-refractivity contribution in [2.75, 3.05) is 0 Å². The van der Waals surface area contributed by atoms with Gasteiger partial charge in [-0.1, -0.05) is 54.1 Å². The van der Waals surface area contributed by atoms with E-state index in [0.717, 1.165) is 42.7 Å². The summed E-state index contributed by atoms with van der Waals surface area (Å²) in [6, 6.07) is 24.8. The Morgan fingerprint density at radius 3 is 2.63 bits per heavy atom. The maximum Gasteiger partial charge on any atom is 0.137 e. The largest absolute Gasteiger partial charge is 0.456 e. The highest BCUT2D eigenvalue weighted by molar-refractivity contribution is 7.21. The molecule has 0 aliphatic rings. The summed E-state index contributed by atoms with van der Waals surface area (Å²) < 4.78 is 7.12. The van der Waals surface area contributed by atoms with Crippen molar-refractivity contribution in [2.24, 2.45) is 0 Å². The molecule has 0 saturated carbocycles. The molecule has 0 aliphatic carbocycles. The number of hydrogen-bond donors (Lipinski definition) is 0. The maximum atomic E-state index is 6.41. The predicted octanol–water partition coefficient (Wildman–Crippen LogP) is 7.67. The van der Waals surface area contributed by atoms with Crippen LogP contribution in [0.1, 0.15) is 0 Å². The van der Waals surface area contributed by atoms with Crippen molar-refractivity contribution >= 4 is 65.9 Å². The molecule has 0 amide bonds. The highest BCUT2D eigenvalue weighted by atomic mass is 35.5. The second-order valence-electron chi connectivity index (χ2n) is 6.61. The molecule has 27 heavy (non-hydrogen) atoms. The molecule has 0 fully saturated rings. The molecule has 128 valence electrons. The van der Waals surface area contributed by atoms with Crippen LogP contribution in [0.2, 0.25) is 5.02 Å². The van der Waals surface area contributed by atoms with E-state index in [9.17, 15) is 0 Å². The fourth-order valence-corrected chi connectivity index (χ4v) is 4.89. The van der Waals surface area contributed by atoms with Crippen LogP contribution >= 0.6 is 22.9 Å². The summed E-state index contributed by atoms with van der Waals surface area (Å²) in [5.41, 5.74) is 3.76. The van der Waals surface area contributed by atoms with E-state index in [-0.39, 0.29) is 0 Å². The average Bonchev–Trinajstić information content (AvgIpc) is 3.26. The molecule has 2 heterocycles. The second-order valence-corrected chi connectivity index (χ2v) is 8.05. The van der Waals surface area contributed by atoms with E-state index in [2.05, 4.69) is 54.6 Å². The lowest BCUT2D eigenvalue weighted by Gasteiger charge is -2.00. The third-order valence-electron chi connectivity index (χ3n) is 4.95. The SMILES string of the molecule is Clc1cccc2oc3cc4sc(-c5ccc6ccccc6c5)nc4cc3c12. The minimum atomic E-state index is 0.704. The summed E-state index contributed by atoms with van der Waals surface area (Å²) in [5.74, 6) is 0. The first-order valence-corrected chi connectivity index (χ1v) is 9.86. The van der Waals surface area contributed by atoms with Gasteiger partial charge in [0.1, 0.15) is 16.2 Å². The molecule has 4 aromatic carbocycles. The van der Waals surface area contributed by atoms with Gasteiger partial charge in [0, 0.05) is 22.4 Å². The van der Waals surface area contributed by atoms with Crippen molar-refractivity contribution in [1.29, 1.82) is 0 Å². The Kier molecular flexibility index (Phi) is 3.13. The summed E-state index contributed by atoms with van der Waals surface area (Å²) >= 11 is 8.09. The zero-order chi connectivity index (χ0) is 18.0. The Bertz CT molecular complexity index is 1490. The van der Waals surface area contributed by atoms with Crippen molar-refractivity contribution in [2.45, 2.75) is 0 Å². The first-order chi connectivity index (χ1) is 13.3. The van der Waals surface area contributed by atoms with Crippen LogP contribution < -0.4 is 0 Å². The molecule has 2 nitrogen and oxygen atoms in total. The number of nitrogens with zero attached hydrogens (tertiary/aromatic N) is 1. The van der Waals surface area contributed by atoms with Gasteiger partial charge in [0.25, 0.3) is 0 Å². The van der Waals surface area contributed by atoms with E-state index in [1.807, 2.05) is 18.2 Å². The fraction of sp³-hybridized carbons (Fsp3) is 0. The number of thiazole rings is 1. The minimum absolute atomic E-state index is 0.704. The Morgan fingerprint density at radius 2 is 1.70 bits per heavy atom. The molecule has 0 spiro atoms. The number of benzene rings is 4. The van der Waals surface area contributed by atoms with E-state index in [1.54, 1.807) is 11.3 Å². The number of rotatable bonds is 1. The molecule has 6 rings (SSSR count). The molecule has 4 heteroatoms. The number of aromatic nitrogens is 1. The molecule has 0 unspecified atom stereocenters. The molecule has 0 N–H and O–H groups in total. The van der Waals surface area contributed by atoms with Gasteiger partial charge in [0.15, 0.2) is 0 Å². The third kappa shape index (κ3) is 2.29. The predicted molar refractivity (Wildman–Crippen MR) is 115 cm³/mol. The van der Waals surface area contributed by atoms with E-state index >= 15 is 0 Å². The molecule has 0 bridgehead atoms. The lowest BCUT2D eigenvalue weighted by molar-refractivity contribution is 0.669. The first-order valence-electron chi connectivity index (χ1n) is 8.67. The molecular weight excluding hydrogens is 374 g/mol. The Labute approximate surface area is 163 Å². The van der Waals surface area contributed by atoms with E-state index in [1.165, 1.54) is 10.8 Å². The van der Waals surface area contributed by atoms with Crippen molar-refractivity contribution in [3.05, 3.63) is 77.8 Å². The number of furan rings is 1. The molecule has 0 aliphatic heterocycles.